The molecule has 3 aromatic carbocycles. The number of rotatable bonds is 7. The maximum atomic E-state index is 13.3. The van der Waals surface area contributed by atoms with Gasteiger partial charge in [-0.05, 0) is 94.7 Å². The number of hydrogen-bond donors (Lipinski definition) is 1. The van der Waals surface area contributed by atoms with Crippen LogP contribution in [0.2, 0.25) is 10.0 Å². The van der Waals surface area contributed by atoms with E-state index in [1.54, 1.807) is 48.5 Å². The standard InChI is InChI=1S/C26H19BrCl2N2O4S/c1-2-34-22-12-16(11-21(27)23(22)35-14-15-6-8-17(28)9-7-15)10-20-24(32)30-26(36)31(25(20)33)19-5-3-4-18(29)13-19/h3-13H,2,14H2,1H3,(H,30,32,36)/b20-10+. The molecule has 1 heterocycles. The van der Waals surface area contributed by atoms with Crippen molar-refractivity contribution in [2.24, 2.45) is 0 Å². The molecule has 36 heavy (non-hydrogen) atoms. The van der Waals surface area contributed by atoms with E-state index in [9.17, 15) is 9.59 Å². The van der Waals surface area contributed by atoms with Gasteiger partial charge in [0.1, 0.15) is 12.2 Å². The average Bonchev–Trinajstić information content (AvgIpc) is 2.82. The molecule has 0 atom stereocenters. The van der Waals surface area contributed by atoms with Crippen LogP contribution in [0.3, 0.4) is 0 Å². The molecule has 3 aromatic rings. The van der Waals surface area contributed by atoms with Crippen LogP contribution in [-0.2, 0) is 16.2 Å². The van der Waals surface area contributed by atoms with Crippen molar-refractivity contribution in [1.82, 2.24) is 5.32 Å². The molecular formula is C26H19BrCl2N2O4S. The van der Waals surface area contributed by atoms with Gasteiger partial charge < -0.3 is 9.47 Å². The van der Waals surface area contributed by atoms with Crippen LogP contribution in [0.1, 0.15) is 18.1 Å². The highest BCUT2D eigenvalue weighted by Crippen LogP contribution is 2.38. The summed E-state index contributed by atoms with van der Waals surface area (Å²) in [5.74, 6) is -0.211. The van der Waals surface area contributed by atoms with Crippen LogP contribution in [0.15, 0.2) is 70.7 Å². The minimum absolute atomic E-state index is 0.0217. The Morgan fingerprint density at radius 1 is 1.03 bits per heavy atom. The molecule has 1 aliphatic heterocycles. The summed E-state index contributed by atoms with van der Waals surface area (Å²) in [5, 5.41) is 3.62. The molecule has 1 aliphatic rings. The maximum Gasteiger partial charge on any atom is 0.270 e. The summed E-state index contributed by atoms with van der Waals surface area (Å²) in [6.07, 6.45) is 1.48. The lowest BCUT2D eigenvalue weighted by molar-refractivity contribution is -0.122. The number of halogens is 3. The van der Waals surface area contributed by atoms with Gasteiger partial charge in [-0.3, -0.25) is 19.8 Å². The Balaban J connectivity index is 1.66. The van der Waals surface area contributed by atoms with E-state index >= 15 is 0 Å². The van der Waals surface area contributed by atoms with Crippen LogP contribution in [0.4, 0.5) is 5.69 Å². The van der Waals surface area contributed by atoms with Crippen molar-refractivity contribution in [3.63, 3.8) is 0 Å². The molecular weight excluding hydrogens is 587 g/mol. The summed E-state index contributed by atoms with van der Waals surface area (Å²) >= 11 is 20.8. The van der Waals surface area contributed by atoms with Crippen LogP contribution >= 0.6 is 51.3 Å². The summed E-state index contributed by atoms with van der Waals surface area (Å²) < 4.78 is 12.4. The molecule has 1 N–H and O–H groups in total. The first-order valence-corrected chi connectivity index (χ1v) is 12.7. The van der Waals surface area contributed by atoms with E-state index in [0.717, 1.165) is 5.56 Å². The second kappa shape index (κ2) is 11.4. The molecule has 0 aromatic heterocycles. The third-order valence-electron chi connectivity index (χ3n) is 5.11. The van der Waals surface area contributed by atoms with Gasteiger partial charge in [0.05, 0.1) is 16.8 Å². The maximum absolute atomic E-state index is 13.3. The lowest BCUT2D eigenvalue weighted by Crippen LogP contribution is -2.54. The molecule has 4 rings (SSSR count). The highest BCUT2D eigenvalue weighted by atomic mass is 79.9. The lowest BCUT2D eigenvalue weighted by atomic mass is 10.1. The van der Waals surface area contributed by atoms with E-state index in [1.165, 1.54) is 11.0 Å². The normalized spacial score (nSPS) is 14.7. The number of carbonyl (C=O) groups excluding carboxylic acids is 2. The third kappa shape index (κ3) is 5.90. The second-order valence-electron chi connectivity index (χ2n) is 7.62. The average molecular weight is 606 g/mol. The van der Waals surface area contributed by atoms with E-state index in [4.69, 9.17) is 44.9 Å². The topological polar surface area (TPSA) is 67.9 Å². The number of hydrogen-bond acceptors (Lipinski definition) is 5. The van der Waals surface area contributed by atoms with E-state index in [1.807, 2.05) is 19.1 Å². The van der Waals surface area contributed by atoms with Gasteiger partial charge in [-0.1, -0.05) is 41.4 Å². The van der Waals surface area contributed by atoms with Gasteiger partial charge in [0.25, 0.3) is 11.8 Å². The molecule has 0 bridgehead atoms. The van der Waals surface area contributed by atoms with E-state index in [0.29, 0.717) is 50.5 Å². The van der Waals surface area contributed by atoms with Crippen LogP contribution in [-0.4, -0.2) is 23.5 Å². The molecule has 0 spiro atoms. The number of amides is 2. The number of ether oxygens (including phenoxy) is 2. The van der Waals surface area contributed by atoms with Crippen molar-refractivity contribution in [3.05, 3.63) is 91.9 Å². The molecule has 10 heteroatoms. The minimum atomic E-state index is -0.597. The first-order valence-electron chi connectivity index (χ1n) is 10.8. The van der Waals surface area contributed by atoms with Crippen molar-refractivity contribution in [1.29, 1.82) is 0 Å². The molecule has 0 radical (unpaired) electrons. The van der Waals surface area contributed by atoms with Crippen molar-refractivity contribution in [2.45, 2.75) is 13.5 Å². The van der Waals surface area contributed by atoms with Crippen molar-refractivity contribution in [2.75, 3.05) is 11.5 Å². The first-order chi connectivity index (χ1) is 17.3. The zero-order valence-electron chi connectivity index (χ0n) is 18.9. The fourth-order valence-electron chi connectivity index (χ4n) is 3.48. The highest BCUT2D eigenvalue weighted by molar-refractivity contribution is 9.10. The van der Waals surface area contributed by atoms with Crippen LogP contribution in [0, 0.1) is 0 Å². The smallest absolute Gasteiger partial charge is 0.270 e. The Morgan fingerprint density at radius 2 is 1.78 bits per heavy atom. The number of nitrogens with one attached hydrogen (secondary N) is 1. The summed E-state index contributed by atoms with van der Waals surface area (Å²) in [6.45, 7) is 2.53. The molecule has 1 fully saturated rings. The summed E-state index contributed by atoms with van der Waals surface area (Å²) in [6, 6.07) is 17.4. The van der Waals surface area contributed by atoms with Crippen LogP contribution < -0.4 is 19.7 Å². The summed E-state index contributed by atoms with van der Waals surface area (Å²) in [7, 11) is 0. The van der Waals surface area contributed by atoms with Gasteiger partial charge >= 0.3 is 0 Å². The highest BCUT2D eigenvalue weighted by Gasteiger charge is 2.34. The Morgan fingerprint density at radius 3 is 2.47 bits per heavy atom. The number of carbonyl (C=O) groups is 2. The Labute approximate surface area is 231 Å². The molecule has 2 amide bonds. The Hall–Kier alpha value is -2.91. The van der Waals surface area contributed by atoms with Gasteiger partial charge in [-0.15, -0.1) is 0 Å². The minimum Gasteiger partial charge on any atom is -0.490 e. The SMILES string of the molecule is CCOc1cc(/C=C2\C(=O)NC(=S)N(c3cccc(Cl)c3)C2=O)cc(Br)c1OCc1ccc(Cl)cc1. The van der Waals surface area contributed by atoms with Gasteiger partial charge in [0, 0.05) is 10.0 Å². The third-order valence-corrected chi connectivity index (χ3v) is 6.47. The quantitative estimate of drug-likeness (QED) is 0.188. The van der Waals surface area contributed by atoms with E-state index in [2.05, 4.69) is 21.2 Å². The summed E-state index contributed by atoms with van der Waals surface area (Å²) in [4.78, 5) is 27.2. The molecule has 184 valence electrons. The number of anilines is 1. The van der Waals surface area contributed by atoms with Crippen molar-refractivity contribution in [3.8, 4) is 11.5 Å². The van der Waals surface area contributed by atoms with E-state index in [-0.39, 0.29) is 10.7 Å². The zero-order valence-corrected chi connectivity index (χ0v) is 22.8. The van der Waals surface area contributed by atoms with Gasteiger partial charge in [0.15, 0.2) is 16.6 Å². The van der Waals surface area contributed by atoms with Crippen molar-refractivity contribution >= 4 is 80.0 Å². The summed E-state index contributed by atoms with van der Waals surface area (Å²) in [5.41, 5.74) is 1.85. The fraction of sp³-hybridized carbons (Fsp3) is 0.115. The van der Waals surface area contributed by atoms with Gasteiger partial charge in [-0.2, -0.15) is 0 Å². The lowest BCUT2D eigenvalue weighted by Gasteiger charge is -2.29. The van der Waals surface area contributed by atoms with Gasteiger partial charge in [0.2, 0.25) is 0 Å². The predicted octanol–water partition coefficient (Wildman–Crippen LogP) is 6.56. The predicted molar refractivity (Wildman–Crippen MR) is 149 cm³/mol. The largest absolute Gasteiger partial charge is 0.490 e. The second-order valence-corrected chi connectivity index (χ2v) is 9.73. The molecule has 0 saturated carbocycles. The van der Waals surface area contributed by atoms with Crippen molar-refractivity contribution < 1.29 is 19.1 Å². The van der Waals surface area contributed by atoms with Crippen LogP contribution in [0.25, 0.3) is 6.08 Å². The first kappa shape index (κ1) is 26.2. The fourth-order valence-corrected chi connectivity index (χ4v) is 4.65. The Bertz CT molecular complexity index is 1380. The molecule has 0 aliphatic carbocycles. The number of nitrogens with zero attached hydrogens (tertiary/aromatic N) is 1. The monoisotopic (exact) mass is 604 g/mol. The molecule has 1 saturated heterocycles. The van der Waals surface area contributed by atoms with E-state index < -0.39 is 11.8 Å². The number of thiocarbonyl (C=S) groups is 1. The Kier molecular flexibility index (Phi) is 8.31. The zero-order chi connectivity index (χ0) is 25.8. The molecule has 6 nitrogen and oxygen atoms in total. The van der Waals surface area contributed by atoms with Gasteiger partial charge in [-0.25, -0.2) is 0 Å². The number of benzene rings is 3. The van der Waals surface area contributed by atoms with Crippen LogP contribution in [0.5, 0.6) is 11.5 Å². The molecule has 0 unspecified atom stereocenters.